The zero-order chi connectivity index (χ0) is 21.5. The van der Waals surface area contributed by atoms with E-state index >= 15 is 0 Å². The van der Waals surface area contributed by atoms with Crippen molar-refractivity contribution in [3.8, 4) is 0 Å². The number of ether oxygens (including phenoxy) is 2. The fraction of sp³-hybridized carbons (Fsp3) is 0.318. The van der Waals surface area contributed by atoms with Crippen LogP contribution >= 0.6 is 11.8 Å². The number of carbonyl (C=O) groups excluding carboxylic acids is 3. The van der Waals surface area contributed by atoms with Crippen molar-refractivity contribution in [2.24, 2.45) is 0 Å². The second-order valence-corrected chi connectivity index (χ2v) is 8.18. The molecule has 1 aliphatic rings. The van der Waals surface area contributed by atoms with Crippen LogP contribution in [0, 0.1) is 0 Å². The second-order valence-electron chi connectivity index (χ2n) is 6.80. The van der Waals surface area contributed by atoms with Gasteiger partial charge in [0.1, 0.15) is 11.4 Å². The van der Waals surface area contributed by atoms with Gasteiger partial charge in [-0.05, 0) is 56.2 Å². The first-order valence-corrected chi connectivity index (χ1v) is 10.5. The van der Waals surface area contributed by atoms with Crippen LogP contribution in [0.25, 0.3) is 0 Å². The molecule has 0 bridgehead atoms. The van der Waals surface area contributed by atoms with Crippen LogP contribution in [0.4, 0.5) is 11.4 Å². The molecule has 30 heavy (non-hydrogen) atoms. The highest BCUT2D eigenvalue weighted by Crippen LogP contribution is 2.28. The number of amides is 2. The molecule has 2 aromatic carbocycles. The zero-order valence-corrected chi connectivity index (χ0v) is 17.7. The van der Waals surface area contributed by atoms with Gasteiger partial charge in [0.05, 0.1) is 12.7 Å². The highest BCUT2D eigenvalue weighted by Gasteiger charge is 2.23. The molecule has 0 aliphatic carbocycles. The van der Waals surface area contributed by atoms with E-state index in [1.54, 1.807) is 49.4 Å². The molecule has 1 fully saturated rings. The molecule has 2 atom stereocenters. The molecule has 158 valence electrons. The molecule has 0 saturated carbocycles. The van der Waals surface area contributed by atoms with Gasteiger partial charge in [-0.3, -0.25) is 14.4 Å². The molecule has 8 heteroatoms. The minimum absolute atomic E-state index is 0.157. The Labute approximate surface area is 179 Å². The van der Waals surface area contributed by atoms with Crippen molar-refractivity contribution < 1.29 is 23.9 Å². The predicted octanol–water partition coefficient (Wildman–Crippen LogP) is 3.71. The van der Waals surface area contributed by atoms with Gasteiger partial charge in [-0.25, -0.2) is 0 Å². The summed E-state index contributed by atoms with van der Waals surface area (Å²) in [6.07, 6.45) is 1.22. The first-order valence-electron chi connectivity index (χ1n) is 9.65. The molecule has 2 aromatic rings. The first kappa shape index (κ1) is 21.9. The Balaban J connectivity index is 1.63. The van der Waals surface area contributed by atoms with Crippen molar-refractivity contribution in [3.63, 3.8) is 0 Å². The Morgan fingerprint density at radius 2 is 1.73 bits per heavy atom. The molecule has 2 amide bonds. The topological polar surface area (TPSA) is 93.7 Å². The maximum Gasteiger partial charge on any atom is 0.318 e. The molecule has 0 unspecified atom stereocenters. The van der Waals surface area contributed by atoms with Crippen LogP contribution in [0.15, 0.2) is 53.4 Å². The highest BCUT2D eigenvalue weighted by atomic mass is 32.2. The Bertz CT molecular complexity index is 910. The van der Waals surface area contributed by atoms with E-state index in [2.05, 4.69) is 10.6 Å². The van der Waals surface area contributed by atoms with Crippen LogP contribution in [-0.4, -0.2) is 42.9 Å². The fourth-order valence-electron chi connectivity index (χ4n) is 3.00. The molecule has 0 aromatic heterocycles. The first-order chi connectivity index (χ1) is 14.5. The average Bonchev–Trinajstić information content (AvgIpc) is 3.30. The summed E-state index contributed by atoms with van der Waals surface area (Å²) in [6.45, 7) is 2.34. The fourth-order valence-corrected chi connectivity index (χ4v) is 4.02. The van der Waals surface area contributed by atoms with E-state index in [9.17, 15) is 14.4 Å². The molecule has 3 rings (SSSR count). The molecule has 1 aliphatic heterocycles. The van der Waals surface area contributed by atoms with Gasteiger partial charge in [0, 0.05) is 22.9 Å². The maximum absolute atomic E-state index is 12.8. The van der Waals surface area contributed by atoms with Crippen molar-refractivity contribution in [1.29, 1.82) is 0 Å². The van der Waals surface area contributed by atoms with Gasteiger partial charge in [0.15, 0.2) is 0 Å². The molecule has 0 spiro atoms. The summed E-state index contributed by atoms with van der Waals surface area (Å²) < 4.78 is 10.1. The number of benzene rings is 2. The summed E-state index contributed by atoms with van der Waals surface area (Å²) >= 11 is 1.27. The summed E-state index contributed by atoms with van der Waals surface area (Å²) in [7, 11) is 1.34. The van der Waals surface area contributed by atoms with E-state index in [-0.39, 0.29) is 17.8 Å². The van der Waals surface area contributed by atoms with E-state index in [0.717, 1.165) is 12.8 Å². The van der Waals surface area contributed by atoms with Crippen molar-refractivity contribution in [2.75, 3.05) is 24.4 Å². The Morgan fingerprint density at radius 3 is 2.37 bits per heavy atom. The largest absolute Gasteiger partial charge is 0.468 e. The average molecular weight is 429 g/mol. The van der Waals surface area contributed by atoms with Crippen LogP contribution < -0.4 is 10.6 Å². The van der Waals surface area contributed by atoms with Gasteiger partial charge in [0.2, 0.25) is 0 Å². The number of hydrogen-bond donors (Lipinski definition) is 2. The molecular weight excluding hydrogens is 404 g/mol. The smallest absolute Gasteiger partial charge is 0.318 e. The summed E-state index contributed by atoms with van der Waals surface area (Å²) in [5.74, 6) is -0.794. The van der Waals surface area contributed by atoms with E-state index in [4.69, 9.17) is 9.47 Å². The van der Waals surface area contributed by atoms with Crippen LogP contribution in [-0.2, 0) is 19.1 Å². The standard InChI is InChI=1S/C22H24N2O5S/c1-14(22(27)28-2)30-19-8-4-3-6-17(19)20(25)23-15-9-11-16(12-10-15)24-21(26)18-7-5-13-29-18/h3-4,6,8-12,14,18H,5,7,13H2,1-2H3,(H,23,25)(H,24,26)/t14-,18+/m1/s1. The number of esters is 1. The monoisotopic (exact) mass is 428 g/mol. The Morgan fingerprint density at radius 1 is 1.07 bits per heavy atom. The van der Waals surface area contributed by atoms with Crippen LogP contribution in [0.2, 0.25) is 0 Å². The molecular formula is C22H24N2O5S. The minimum atomic E-state index is -0.435. The summed E-state index contributed by atoms with van der Waals surface area (Å²) in [6, 6.07) is 14.0. The Kier molecular flexibility index (Phi) is 7.48. The number of carbonyl (C=O) groups is 3. The number of nitrogens with one attached hydrogen (secondary N) is 2. The van der Waals surface area contributed by atoms with E-state index in [0.29, 0.717) is 28.4 Å². The lowest BCUT2D eigenvalue weighted by Crippen LogP contribution is -2.26. The maximum atomic E-state index is 12.8. The predicted molar refractivity (Wildman–Crippen MR) is 116 cm³/mol. The molecule has 7 nitrogen and oxygen atoms in total. The van der Waals surface area contributed by atoms with E-state index < -0.39 is 11.4 Å². The molecule has 0 radical (unpaired) electrons. The summed E-state index contributed by atoms with van der Waals surface area (Å²) in [4.78, 5) is 37.3. The van der Waals surface area contributed by atoms with E-state index in [1.165, 1.54) is 18.9 Å². The number of methoxy groups -OCH3 is 1. The molecule has 1 saturated heterocycles. The second kappa shape index (κ2) is 10.3. The third kappa shape index (κ3) is 5.61. The van der Waals surface area contributed by atoms with Gasteiger partial charge in [-0.2, -0.15) is 0 Å². The van der Waals surface area contributed by atoms with E-state index in [1.807, 2.05) is 6.07 Å². The highest BCUT2D eigenvalue weighted by molar-refractivity contribution is 8.00. The third-order valence-corrected chi connectivity index (χ3v) is 5.76. The van der Waals surface area contributed by atoms with Crippen LogP contribution in [0.5, 0.6) is 0 Å². The number of rotatable bonds is 7. The quantitative estimate of drug-likeness (QED) is 0.516. The number of thioether (sulfide) groups is 1. The van der Waals surface area contributed by atoms with Crippen LogP contribution in [0.1, 0.15) is 30.1 Å². The normalized spacial score (nSPS) is 16.5. The lowest BCUT2D eigenvalue weighted by Gasteiger charge is -2.13. The van der Waals surface area contributed by atoms with Crippen molar-refractivity contribution in [1.82, 2.24) is 0 Å². The lowest BCUT2D eigenvalue weighted by atomic mass is 10.2. The molecule has 2 N–H and O–H groups in total. The SMILES string of the molecule is COC(=O)[C@@H](C)Sc1ccccc1C(=O)Nc1ccc(NC(=O)[C@@H]2CCCO2)cc1. The van der Waals surface area contributed by atoms with Gasteiger partial charge < -0.3 is 20.1 Å². The van der Waals surface area contributed by atoms with Gasteiger partial charge in [-0.1, -0.05) is 12.1 Å². The van der Waals surface area contributed by atoms with Gasteiger partial charge >= 0.3 is 5.97 Å². The number of hydrogen-bond acceptors (Lipinski definition) is 6. The van der Waals surface area contributed by atoms with Gasteiger partial charge in [0.25, 0.3) is 11.8 Å². The number of anilines is 2. The Hall–Kier alpha value is -2.84. The lowest BCUT2D eigenvalue weighted by molar-refractivity contribution is -0.139. The molecule has 1 heterocycles. The van der Waals surface area contributed by atoms with Gasteiger partial charge in [-0.15, -0.1) is 11.8 Å². The zero-order valence-electron chi connectivity index (χ0n) is 16.8. The summed E-state index contributed by atoms with van der Waals surface area (Å²) in [5, 5.41) is 5.23. The third-order valence-electron chi connectivity index (χ3n) is 4.60. The van der Waals surface area contributed by atoms with Crippen molar-refractivity contribution in [2.45, 2.75) is 36.0 Å². The van der Waals surface area contributed by atoms with Crippen molar-refractivity contribution in [3.05, 3.63) is 54.1 Å². The minimum Gasteiger partial charge on any atom is -0.468 e. The summed E-state index contributed by atoms with van der Waals surface area (Å²) in [5.41, 5.74) is 1.70. The van der Waals surface area contributed by atoms with Crippen molar-refractivity contribution >= 4 is 40.9 Å². The van der Waals surface area contributed by atoms with Crippen LogP contribution in [0.3, 0.4) is 0 Å².